The number of hydrogen-bond acceptors (Lipinski definition) is 3. The molecule has 0 aliphatic heterocycles. The second kappa shape index (κ2) is 9.61. The molecule has 0 unspecified atom stereocenters. The normalized spacial score (nSPS) is 10.5. The molecule has 0 fully saturated rings. The van der Waals surface area contributed by atoms with Gasteiger partial charge in [-0.2, -0.15) is 0 Å². The first-order valence-electron chi connectivity index (χ1n) is 8.79. The number of amides is 2. The fraction of sp³-hybridized carbons (Fsp3) is 0.333. The Morgan fingerprint density at radius 3 is 2.15 bits per heavy atom. The third kappa shape index (κ3) is 5.92. The second-order valence-corrected chi connectivity index (χ2v) is 6.54. The molecule has 138 valence electrons. The van der Waals surface area contributed by atoms with Crippen LogP contribution in [0.1, 0.15) is 40.1 Å². The molecular formula is C21H26N2O3. The fourth-order valence-electron chi connectivity index (χ4n) is 2.42. The summed E-state index contributed by atoms with van der Waals surface area (Å²) in [4.78, 5) is 24.4. The van der Waals surface area contributed by atoms with Crippen LogP contribution >= 0.6 is 0 Å². The van der Waals surface area contributed by atoms with Crippen LogP contribution in [0.15, 0.2) is 48.5 Å². The van der Waals surface area contributed by atoms with Crippen LogP contribution in [0, 0.1) is 5.92 Å². The van der Waals surface area contributed by atoms with Crippen LogP contribution in [-0.4, -0.2) is 32.0 Å². The summed E-state index contributed by atoms with van der Waals surface area (Å²) in [6.45, 7) is 5.20. The van der Waals surface area contributed by atoms with Crippen LogP contribution < -0.4 is 15.4 Å². The highest BCUT2D eigenvalue weighted by atomic mass is 16.5. The molecule has 2 amide bonds. The molecule has 0 aromatic heterocycles. The summed E-state index contributed by atoms with van der Waals surface area (Å²) in [7, 11) is 1.63. The van der Waals surface area contributed by atoms with Crippen molar-refractivity contribution in [2.45, 2.75) is 20.3 Å². The van der Waals surface area contributed by atoms with E-state index in [9.17, 15) is 9.59 Å². The summed E-state index contributed by atoms with van der Waals surface area (Å²) in [5.74, 6) is 0.845. The first kappa shape index (κ1) is 19.5. The van der Waals surface area contributed by atoms with Crippen molar-refractivity contribution in [3.63, 3.8) is 0 Å². The van der Waals surface area contributed by atoms with Gasteiger partial charge in [-0.1, -0.05) is 32.0 Å². The summed E-state index contributed by atoms with van der Waals surface area (Å²) in [6.07, 6.45) is 0.726. The molecule has 0 bridgehead atoms. The van der Waals surface area contributed by atoms with Crippen molar-refractivity contribution in [1.29, 1.82) is 0 Å². The van der Waals surface area contributed by atoms with E-state index in [0.29, 0.717) is 30.1 Å². The summed E-state index contributed by atoms with van der Waals surface area (Å²) < 4.78 is 5.13. The van der Waals surface area contributed by atoms with Crippen LogP contribution in [0.2, 0.25) is 0 Å². The van der Waals surface area contributed by atoms with Crippen LogP contribution in [0.5, 0.6) is 5.75 Å². The van der Waals surface area contributed by atoms with E-state index in [1.807, 2.05) is 38.1 Å². The average Bonchev–Trinajstić information content (AvgIpc) is 2.66. The molecule has 5 heteroatoms. The zero-order valence-corrected chi connectivity index (χ0v) is 15.5. The first-order chi connectivity index (χ1) is 12.5. The van der Waals surface area contributed by atoms with E-state index in [2.05, 4.69) is 10.6 Å². The zero-order chi connectivity index (χ0) is 18.9. The Morgan fingerprint density at radius 1 is 0.962 bits per heavy atom. The highest BCUT2D eigenvalue weighted by molar-refractivity contribution is 5.99. The molecule has 0 atom stereocenters. The van der Waals surface area contributed by atoms with E-state index in [1.54, 1.807) is 31.4 Å². The van der Waals surface area contributed by atoms with Crippen molar-refractivity contribution in [2.24, 2.45) is 5.92 Å². The third-order valence-electron chi connectivity index (χ3n) is 3.92. The zero-order valence-electron chi connectivity index (χ0n) is 15.5. The lowest BCUT2D eigenvalue weighted by Gasteiger charge is -2.09. The van der Waals surface area contributed by atoms with E-state index in [0.717, 1.165) is 17.7 Å². The van der Waals surface area contributed by atoms with Gasteiger partial charge in [-0.3, -0.25) is 9.59 Å². The highest BCUT2D eigenvalue weighted by Crippen LogP contribution is 2.11. The molecule has 5 nitrogen and oxygen atoms in total. The van der Waals surface area contributed by atoms with Crippen molar-refractivity contribution in [3.05, 3.63) is 65.2 Å². The molecular weight excluding hydrogens is 328 g/mol. The van der Waals surface area contributed by atoms with Gasteiger partial charge in [0.25, 0.3) is 11.8 Å². The van der Waals surface area contributed by atoms with E-state index < -0.39 is 0 Å². The summed E-state index contributed by atoms with van der Waals surface area (Å²) in [6, 6.07) is 14.5. The summed E-state index contributed by atoms with van der Waals surface area (Å²) in [5, 5.41) is 5.75. The van der Waals surface area contributed by atoms with Gasteiger partial charge in [-0.25, -0.2) is 0 Å². The number of benzene rings is 2. The predicted molar refractivity (Wildman–Crippen MR) is 103 cm³/mol. The van der Waals surface area contributed by atoms with Gasteiger partial charge < -0.3 is 15.4 Å². The molecule has 0 aliphatic rings. The number of nitrogens with one attached hydrogen (secondary N) is 2. The smallest absolute Gasteiger partial charge is 0.251 e. The van der Waals surface area contributed by atoms with Gasteiger partial charge in [-0.05, 0) is 48.2 Å². The Morgan fingerprint density at radius 2 is 1.58 bits per heavy atom. The van der Waals surface area contributed by atoms with Crippen LogP contribution in [0.25, 0.3) is 0 Å². The fourth-order valence-corrected chi connectivity index (χ4v) is 2.42. The van der Waals surface area contributed by atoms with Crippen LogP contribution in [0.3, 0.4) is 0 Å². The maximum absolute atomic E-state index is 12.3. The third-order valence-corrected chi connectivity index (χ3v) is 3.92. The lowest BCUT2D eigenvalue weighted by molar-refractivity contribution is 0.0949. The van der Waals surface area contributed by atoms with Crippen molar-refractivity contribution >= 4 is 11.8 Å². The maximum Gasteiger partial charge on any atom is 0.251 e. The number of ether oxygens (including phenoxy) is 1. The van der Waals surface area contributed by atoms with Gasteiger partial charge >= 0.3 is 0 Å². The van der Waals surface area contributed by atoms with Crippen LogP contribution in [-0.2, 0) is 6.42 Å². The average molecular weight is 354 g/mol. The Kier molecular flexibility index (Phi) is 7.21. The van der Waals surface area contributed by atoms with E-state index in [-0.39, 0.29) is 11.8 Å². The number of rotatable bonds is 8. The monoisotopic (exact) mass is 354 g/mol. The minimum Gasteiger partial charge on any atom is -0.497 e. The van der Waals surface area contributed by atoms with Gasteiger partial charge in [0.2, 0.25) is 0 Å². The van der Waals surface area contributed by atoms with Gasteiger partial charge in [0.05, 0.1) is 7.11 Å². The van der Waals surface area contributed by atoms with E-state index >= 15 is 0 Å². The maximum atomic E-state index is 12.3. The lowest BCUT2D eigenvalue weighted by Crippen LogP contribution is -2.28. The number of methoxy groups -OCH3 is 1. The molecule has 0 aliphatic carbocycles. The molecule has 0 heterocycles. The topological polar surface area (TPSA) is 67.4 Å². The minimum absolute atomic E-state index is 0.161. The van der Waals surface area contributed by atoms with E-state index in [4.69, 9.17) is 4.74 Å². The van der Waals surface area contributed by atoms with Crippen molar-refractivity contribution in [3.8, 4) is 5.75 Å². The predicted octanol–water partition coefficient (Wildman–Crippen LogP) is 3.05. The Hall–Kier alpha value is -2.82. The molecule has 0 spiro atoms. The van der Waals surface area contributed by atoms with Crippen LogP contribution in [0.4, 0.5) is 0 Å². The van der Waals surface area contributed by atoms with Gasteiger partial charge in [0, 0.05) is 24.2 Å². The lowest BCUT2D eigenvalue weighted by atomic mass is 10.1. The highest BCUT2D eigenvalue weighted by Gasteiger charge is 2.10. The minimum atomic E-state index is -0.183. The molecule has 2 N–H and O–H groups in total. The molecule has 2 rings (SSSR count). The quantitative estimate of drug-likeness (QED) is 0.766. The Balaban J connectivity index is 1.88. The van der Waals surface area contributed by atoms with Gasteiger partial charge in [0.1, 0.15) is 5.75 Å². The summed E-state index contributed by atoms with van der Waals surface area (Å²) >= 11 is 0. The molecule has 26 heavy (non-hydrogen) atoms. The first-order valence-corrected chi connectivity index (χ1v) is 8.79. The van der Waals surface area contributed by atoms with Crippen molar-refractivity contribution in [2.75, 3.05) is 20.2 Å². The number of hydrogen-bond donors (Lipinski definition) is 2. The van der Waals surface area contributed by atoms with Gasteiger partial charge in [-0.15, -0.1) is 0 Å². The molecule has 0 saturated heterocycles. The Labute approximate surface area is 154 Å². The SMILES string of the molecule is COc1ccc(CCNC(=O)c2cccc(C(=O)NCC(C)C)c2)cc1. The van der Waals surface area contributed by atoms with Gasteiger partial charge in [0.15, 0.2) is 0 Å². The van der Waals surface area contributed by atoms with Crippen molar-refractivity contribution in [1.82, 2.24) is 10.6 Å². The van der Waals surface area contributed by atoms with E-state index in [1.165, 1.54) is 0 Å². The molecule has 0 saturated carbocycles. The molecule has 0 radical (unpaired) electrons. The number of carbonyl (C=O) groups is 2. The van der Waals surface area contributed by atoms with Crippen molar-refractivity contribution < 1.29 is 14.3 Å². The second-order valence-electron chi connectivity index (χ2n) is 6.54. The largest absolute Gasteiger partial charge is 0.497 e. The molecule has 2 aromatic rings. The standard InChI is InChI=1S/C21H26N2O3/c1-15(2)14-23-21(25)18-6-4-5-17(13-18)20(24)22-12-11-16-7-9-19(26-3)10-8-16/h4-10,13,15H,11-12,14H2,1-3H3,(H,22,24)(H,23,25). The number of carbonyl (C=O) groups excluding carboxylic acids is 2. The summed E-state index contributed by atoms with van der Waals surface area (Å²) in [5.41, 5.74) is 2.10. The Bertz CT molecular complexity index is 739. The molecule has 2 aromatic carbocycles.